The molecule has 1 rings (SSSR count). The van der Waals surface area contributed by atoms with Crippen molar-refractivity contribution in [1.29, 1.82) is 0 Å². The highest BCUT2D eigenvalue weighted by molar-refractivity contribution is 5.33. The molecule has 0 amide bonds. The lowest BCUT2D eigenvalue weighted by Crippen LogP contribution is -2.30. The maximum absolute atomic E-state index is 12.6. The van der Waals surface area contributed by atoms with Crippen molar-refractivity contribution in [3.63, 3.8) is 0 Å². The summed E-state index contributed by atoms with van der Waals surface area (Å²) >= 11 is 0. The van der Waals surface area contributed by atoms with E-state index in [1.54, 1.807) is 0 Å². The summed E-state index contributed by atoms with van der Waals surface area (Å²) in [6.45, 7) is 6.11. The van der Waals surface area contributed by atoms with Gasteiger partial charge in [-0.05, 0) is 20.3 Å². The van der Waals surface area contributed by atoms with Gasteiger partial charge in [0.25, 0.3) is 0 Å². The van der Waals surface area contributed by atoms with Crippen LogP contribution in [0.15, 0.2) is 12.4 Å². The summed E-state index contributed by atoms with van der Waals surface area (Å²) < 4.78 is 12.6. The first-order valence-corrected chi connectivity index (χ1v) is 4.29. The van der Waals surface area contributed by atoms with E-state index in [0.717, 1.165) is 12.6 Å². The monoisotopic (exact) mass is 183 g/mol. The average Bonchev–Trinajstić information content (AvgIpc) is 2.03. The molecule has 13 heavy (non-hydrogen) atoms. The van der Waals surface area contributed by atoms with Crippen LogP contribution in [0.25, 0.3) is 0 Å². The molecule has 0 aliphatic heterocycles. The van der Waals surface area contributed by atoms with Crippen LogP contribution in [0.5, 0.6) is 0 Å². The number of rotatable bonds is 3. The molecule has 4 heteroatoms. The van der Waals surface area contributed by atoms with Crippen molar-refractivity contribution in [1.82, 2.24) is 9.97 Å². The molecule has 1 N–H and O–H groups in total. The lowest BCUT2D eigenvalue weighted by Gasteiger charge is -2.24. The SMILES string of the molecule is CCC(C)(C)Nc1cncc(F)n1. The molecule has 0 unspecified atom stereocenters. The molecular formula is C9H14FN3. The maximum Gasteiger partial charge on any atom is 0.233 e. The number of anilines is 1. The van der Waals surface area contributed by atoms with E-state index in [1.807, 2.05) is 13.8 Å². The van der Waals surface area contributed by atoms with E-state index in [9.17, 15) is 4.39 Å². The summed E-state index contributed by atoms with van der Waals surface area (Å²) in [6, 6.07) is 0. The first-order valence-electron chi connectivity index (χ1n) is 4.29. The zero-order valence-corrected chi connectivity index (χ0v) is 8.13. The maximum atomic E-state index is 12.6. The van der Waals surface area contributed by atoms with E-state index >= 15 is 0 Å². The van der Waals surface area contributed by atoms with Gasteiger partial charge in [-0.25, -0.2) is 0 Å². The second-order valence-corrected chi connectivity index (χ2v) is 3.59. The van der Waals surface area contributed by atoms with Gasteiger partial charge in [0.05, 0.1) is 12.4 Å². The Morgan fingerprint density at radius 2 is 2.15 bits per heavy atom. The number of hydrogen-bond acceptors (Lipinski definition) is 3. The molecule has 0 spiro atoms. The molecule has 0 fully saturated rings. The Kier molecular flexibility index (Phi) is 2.80. The van der Waals surface area contributed by atoms with E-state index in [2.05, 4.69) is 22.2 Å². The molecule has 1 aromatic rings. The molecule has 1 aromatic heterocycles. The van der Waals surface area contributed by atoms with Gasteiger partial charge in [-0.2, -0.15) is 9.37 Å². The molecule has 0 radical (unpaired) electrons. The summed E-state index contributed by atoms with van der Waals surface area (Å²) in [6.07, 6.45) is 3.54. The van der Waals surface area contributed by atoms with Crippen LogP contribution in [-0.4, -0.2) is 15.5 Å². The van der Waals surface area contributed by atoms with Crippen LogP contribution in [0.4, 0.5) is 10.2 Å². The molecule has 3 nitrogen and oxygen atoms in total. The van der Waals surface area contributed by atoms with Gasteiger partial charge < -0.3 is 5.32 Å². The molecule has 0 saturated carbocycles. The first kappa shape index (κ1) is 9.89. The molecular weight excluding hydrogens is 169 g/mol. The van der Waals surface area contributed by atoms with E-state index in [4.69, 9.17) is 0 Å². The van der Waals surface area contributed by atoms with Gasteiger partial charge in [-0.3, -0.25) is 4.98 Å². The minimum absolute atomic E-state index is 0.0809. The fourth-order valence-electron chi connectivity index (χ4n) is 0.837. The molecule has 0 saturated heterocycles. The van der Waals surface area contributed by atoms with Crippen LogP contribution >= 0.6 is 0 Å². The van der Waals surface area contributed by atoms with Crippen molar-refractivity contribution in [3.8, 4) is 0 Å². The molecule has 0 aromatic carbocycles. The second-order valence-electron chi connectivity index (χ2n) is 3.59. The zero-order chi connectivity index (χ0) is 9.90. The van der Waals surface area contributed by atoms with Crippen molar-refractivity contribution in [2.75, 3.05) is 5.32 Å². The highest BCUT2D eigenvalue weighted by Crippen LogP contribution is 2.14. The van der Waals surface area contributed by atoms with Crippen LogP contribution < -0.4 is 5.32 Å². The van der Waals surface area contributed by atoms with Crippen LogP contribution in [0.1, 0.15) is 27.2 Å². The first-order chi connectivity index (χ1) is 6.03. The third-order valence-corrected chi connectivity index (χ3v) is 1.96. The van der Waals surface area contributed by atoms with Crippen LogP contribution in [0.3, 0.4) is 0 Å². The van der Waals surface area contributed by atoms with E-state index < -0.39 is 5.95 Å². The second kappa shape index (κ2) is 3.68. The lowest BCUT2D eigenvalue weighted by atomic mass is 10.0. The van der Waals surface area contributed by atoms with Crippen molar-refractivity contribution < 1.29 is 4.39 Å². The Morgan fingerprint density at radius 1 is 1.46 bits per heavy atom. The lowest BCUT2D eigenvalue weighted by molar-refractivity contribution is 0.535. The number of aromatic nitrogens is 2. The topological polar surface area (TPSA) is 37.8 Å². The minimum Gasteiger partial charge on any atom is -0.364 e. The number of halogens is 1. The van der Waals surface area contributed by atoms with Gasteiger partial charge in [0.15, 0.2) is 0 Å². The summed E-state index contributed by atoms with van der Waals surface area (Å²) in [5.41, 5.74) is -0.0809. The zero-order valence-electron chi connectivity index (χ0n) is 8.13. The van der Waals surface area contributed by atoms with Crippen LogP contribution in [0, 0.1) is 5.95 Å². The fourth-order valence-corrected chi connectivity index (χ4v) is 0.837. The van der Waals surface area contributed by atoms with E-state index in [-0.39, 0.29) is 5.54 Å². The molecule has 0 bridgehead atoms. The summed E-state index contributed by atoms with van der Waals surface area (Å²) in [5.74, 6) is -0.0799. The van der Waals surface area contributed by atoms with Crippen molar-refractivity contribution in [2.24, 2.45) is 0 Å². The number of nitrogens with zero attached hydrogens (tertiary/aromatic N) is 2. The Morgan fingerprint density at radius 3 is 2.69 bits per heavy atom. The Labute approximate surface area is 77.4 Å². The van der Waals surface area contributed by atoms with Crippen molar-refractivity contribution >= 4 is 5.82 Å². The molecule has 0 atom stereocenters. The van der Waals surface area contributed by atoms with Gasteiger partial charge in [-0.15, -0.1) is 0 Å². The number of nitrogens with one attached hydrogen (secondary N) is 1. The van der Waals surface area contributed by atoms with Crippen LogP contribution in [0.2, 0.25) is 0 Å². The molecule has 1 heterocycles. The number of hydrogen-bond donors (Lipinski definition) is 1. The Balaban J connectivity index is 2.74. The van der Waals surface area contributed by atoms with Gasteiger partial charge in [0.2, 0.25) is 5.95 Å². The fraction of sp³-hybridized carbons (Fsp3) is 0.556. The Hall–Kier alpha value is -1.19. The smallest absolute Gasteiger partial charge is 0.233 e. The quantitative estimate of drug-likeness (QED) is 0.780. The molecule has 0 aliphatic rings. The summed E-state index contributed by atoms with van der Waals surface area (Å²) in [7, 11) is 0. The average molecular weight is 183 g/mol. The molecule has 72 valence electrons. The van der Waals surface area contributed by atoms with E-state index in [1.165, 1.54) is 6.20 Å². The van der Waals surface area contributed by atoms with Gasteiger partial charge in [0, 0.05) is 5.54 Å². The third kappa shape index (κ3) is 2.97. The van der Waals surface area contributed by atoms with Gasteiger partial charge >= 0.3 is 0 Å². The minimum atomic E-state index is -0.558. The standard InChI is InChI=1S/C9H14FN3/c1-4-9(2,3)13-8-6-11-5-7(10)12-8/h5-6H,4H2,1-3H3,(H,12,13). The summed E-state index contributed by atoms with van der Waals surface area (Å²) in [4.78, 5) is 7.37. The predicted molar refractivity (Wildman–Crippen MR) is 50.0 cm³/mol. The third-order valence-electron chi connectivity index (χ3n) is 1.96. The molecule has 0 aliphatic carbocycles. The largest absolute Gasteiger partial charge is 0.364 e. The Bertz CT molecular complexity index is 286. The highest BCUT2D eigenvalue weighted by atomic mass is 19.1. The highest BCUT2D eigenvalue weighted by Gasteiger charge is 2.14. The van der Waals surface area contributed by atoms with Crippen molar-refractivity contribution in [3.05, 3.63) is 18.3 Å². The predicted octanol–water partition coefficient (Wildman–Crippen LogP) is 2.22. The van der Waals surface area contributed by atoms with Gasteiger partial charge in [-0.1, -0.05) is 6.92 Å². The normalized spacial score (nSPS) is 11.4. The van der Waals surface area contributed by atoms with Crippen LogP contribution in [-0.2, 0) is 0 Å². The van der Waals surface area contributed by atoms with Crippen molar-refractivity contribution in [2.45, 2.75) is 32.7 Å². The summed E-state index contributed by atoms with van der Waals surface area (Å²) in [5, 5.41) is 3.10. The van der Waals surface area contributed by atoms with E-state index in [0.29, 0.717) is 5.82 Å². The van der Waals surface area contributed by atoms with Gasteiger partial charge in [0.1, 0.15) is 5.82 Å².